The molecule has 0 saturated heterocycles. The summed E-state index contributed by atoms with van der Waals surface area (Å²) in [6, 6.07) is 3.37. The Morgan fingerprint density at radius 2 is 2.16 bits per heavy atom. The third-order valence-corrected chi connectivity index (χ3v) is 2.85. The second-order valence-electron chi connectivity index (χ2n) is 4.56. The van der Waals surface area contributed by atoms with Crippen LogP contribution in [-0.4, -0.2) is 25.0 Å². The van der Waals surface area contributed by atoms with Crippen LogP contribution < -0.4 is 11.1 Å². The molecule has 0 unspecified atom stereocenters. The standard InChI is InChI=1S/C13H15FN2O3/c14-9-3-4-10(11(15)5-9)13(18)19-7-12(17)16-6-8-1-2-8/h3-5,8H,1-2,6-7,15H2,(H,16,17). The van der Waals surface area contributed by atoms with Gasteiger partial charge < -0.3 is 15.8 Å². The fourth-order valence-corrected chi connectivity index (χ4v) is 1.56. The molecule has 0 aromatic heterocycles. The molecule has 1 aromatic carbocycles. The molecule has 1 aliphatic rings. The number of carbonyl (C=O) groups excluding carboxylic acids is 2. The van der Waals surface area contributed by atoms with Crippen molar-refractivity contribution in [2.75, 3.05) is 18.9 Å². The highest BCUT2D eigenvalue weighted by molar-refractivity contribution is 5.96. The van der Waals surface area contributed by atoms with Gasteiger partial charge in [0, 0.05) is 12.2 Å². The zero-order valence-corrected chi connectivity index (χ0v) is 10.3. The summed E-state index contributed by atoms with van der Waals surface area (Å²) in [6.07, 6.45) is 2.26. The maximum absolute atomic E-state index is 12.8. The van der Waals surface area contributed by atoms with Crippen LogP contribution in [0.3, 0.4) is 0 Å². The minimum absolute atomic E-state index is 0.0108. The third-order valence-electron chi connectivity index (χ3n) is 2.85. The molecular formula is C13H15FN2O3. The van der Waals surface area contributed by atoms with Gasteiger partial charge >= 0.3 is 5.97 Å². The van der Waals surface area contributed by atoms with Gasteiger partial charge in [-0.1, -0.05) is 0 Å². The van der Waals surface area contributed by atoms with Gasteiger partial charge in [-0.2, -0.15) is 0 Å². The first-order chi connectivity index (χ1) is 9.06. The number of nitrogen functional groups attached to an aromatic ring is 1. The van der Waals surface area contributed by atoms with Crippen LogP contribution >= 0.6 is 0 Å². The summed E-state index contributed by atoms with van der Waals surface area (Å²) in [6.45, 7) is 0.261. The number of nitrogens with two attached hydrogens (primary N) is 1. The van der Waals surface area contributed by atoms with Crippen LogP contribution in [0.1, 0.15) is 23.2 Å². The Labute approximate surface area is 109 Å². The van der Waals surface area contributed by atoms with Gasteiger partial charge in [0.05, 0.1) is 5.56 Å². The van der Waals surface area contributed by atoms with Gasteiger partial charge in [-0.05, 0) is 37.0 Å². The highest BCUT2D eigenvalue weighted by Crippen LogP contribution is 2.27. The van der Waals surface area contributed by atoms with E-state index in [1.165, 1.54) is 6.07 Å². The van der Waals surface area contributed by atoms with E-state index in [9.17, 15) is 14.0 Å². The quantitative estimate of drug-likeness (QED) is 0.617. The van der Waals surface area contributed by atoms with Gasteiger partial charge in [0.2, 0.25) is 0 Å². The molecule has 1 fully saturated rings. The SMILES string of the molecule is Nc1cc(F)ccc1C(=O)OCC(=O)NCC1CC1. The van der Waals surface area contributed by atoms with E-state index in [-0.39, 0.29) is 23.8 Å². The van der Waals surface area contributed by atoms with E-state index in [1.807, 2.05) is 0 Å². The molecule has 0 atom stereocenters. The van der Waals surface area contributed by atoms with Crippen molar-refractivity contribution in [3.63, 3.8) is 0 Å². The largest absolute Gasteiger partial charge is 0.452 e. The molecule has 0 bridgehead atoms. The van der Waals surface area contributed by atoms with E-state index in [0.717, 1.165) is 25.0 Å². The van der Waals surface area contributed by atoms with Crippen molar-refractivity contribution in [3.05, 3.63) is 29.6 Å². The first kappa shape index (κ1) is 13.3. The van der Waals surface area contributed by atoms with Crippen molar-refractivity contribution >= 4 is 17.6 Å². The van der Waals surface area contributed by atoms with Gasteiger partial charge in [-0.3, -0.25) is 4.79 Å². The number of ether oxygens (including phenoxy) is 1. The topological polar surface area (TPSA) is 81.4 Å². The summed E-state index contributed by atoms with van der Waals surface area (Å²) in [7, 11) is 0. The maximum atomic E-state index is 12.8. The van der Waals surface area contributed by atoms with Crippen LogP contribution in [0.2, 0.25) is 0 Å². The summed E-state index contributed by atoms with van der Waals surface area (Å²) in [5, 5.41) is 2.67. The average Bonchev–Trinajstić information content (AvgIpc) is 3.17. The van der Waals surface area contributed by atoms with E-state index in [2.05, 4.69) is 5.32 Å². The highest BCUT2D eigenvalue weighted by Gasteiger charge is 2.22. The van der Waals surface area contributed by atoms with Gasteiger partial charge in [0.15, 0.2) is 6.61 Å². The Hall–Kier alpha value is -2.11. The minimum atomic E-state index is -0.737. The lowest BCUT2D eigenvalue weighted by Gasteiger charge is -2.07. The van der Waals surface area contributed by atoms with E-state index < -0.39 is 11.8 Å². The van der Waals surface area contributed by atoms with Crippen molar-refractivity contribution in [1.82, 2.24) is 5.32 Å². The number of nitrogens with one attached hydrogen (secondary N) is 1. The van der Waals surface area contributed by atoms with Gasteiger partial charge in [-0.15, -0.1) is 0 Å². The molecule has 1 aromatic rings. The normalized spacial score (nSPS) is 13.9. The molecule has 0 radical (unpaired) electrons. The number of halogens is 1. The number of hydrogen-bond acceptors (Lipinski definition) is 4. The molecule has 3 N–H and O–H groups in total. The molecule has 0 heterocycles. The Morgan fingerprint density at radius 3 is 2.79 bits per heavy atom. The summed E-state index contributed by atoms with van der Waals surface area (Å²) in [5.74, 6) is -1.05. The molecule has 0 spiro atoms. The summed E-state index contributed by atoms with van der Waals surface area (Å²) in [5.41, 5.74) is 5.54. The van der Waals surface area contributed by atoms with E-state index in [4.69, 9.17) is 10.5 Å². The Kier molecular flexibility index (Phi) is 3.99. The predicted octanol–water partition coefficient (Wildman–Crippen LogP) is 1.09. The molecule has 2 rings (SSSR count). The Morgan fingerprint density at radius 1 is 1.42 bits per heavy atom. The van der Waals surface area contributed by atoms with Crippen molar-refractivity contribution < 1.29 is 18.7 Å². The number of hydrogen-bond donors (Lipinski definition) is 2. The van der Waals surface area contributed by atoms with Gasteiger partial charge in [0.25, 0.3) is 5.91 Å². The lowest BCUT2D eigenvalue weighted by atomic mass is 10.2. The molecule has 0 aliphatic heterocycles. The molecule has 1 aliphatic carbocycles. The fraction of sp³-hybridized carbons (Fsp3) is 0.385. The number of benzene rings is 1. The van der Waals surface area contributed by atoms with Crippen LogP contribution in [-0.2, 0) is 9.53 Å². The minimum Gasteiger partial charge on any atom is -0.452 e. The van der Waals surface area contributed by atoms with Crippen molar-refractivity contribution in [2.24, 2.45) is 5.92 Å². The van der Waals surface area contributed by atoms with Crippen molar-refractivity contribution in [1.29, 1.82) is 0 Å². The second-order valence-corrected chi connectivity index (χ2v) is 4.56. The lowest BCUT2D eigenvalue weighted by molar-refractivity contribution is -0.124. The van der Waals surface area contributed by atoms with Crippen molar-refractivity contribution in [2.45, 2.75) is 12.8 Å². The van der Waals surface area contributed by atoms with Crippen LogP contribution in [0.5, 0.6) is 0 Å². The molecular weight excluding hydrogens is 251 g/mol. The Balaban J connectivity index is 1.81. The monoisotopic (exact) mass is 266 g/mol. The zero-order chi connectivity index (χ0) is 13.8. The number of esters is 1. The predicted molar refractivity (Wildman–Crippen MR) is 66.8 cm³/mol. The molecule has 6 heteroatoms. The summed E-state index contributed by atoms with van der Waals surface area (Å²) < 4.78 is 17.6. The maximum Gasteiger partial charge on any atom is 0.340 e. The third kappa shape index (κ3) is 3.94. The fourth-order valence-electron chi connectivity index (χ4n) is 1.56. The van der Waals surface area contributed by atoms with Gasteiger partial charge in [0.1, 0.15) is 5.82 Å². The van der Waals surface area contributed by atoms with Crippen molar-refractivity contribution in [3.8, 4) is 0 Å². The molecule has 19 heavy (non-hydrogen) atoms. The van der Waals surface area contributed by atoms with E-state index >= 15 is 0 Å². The first-order valence-corrected chi connectivity index (χ1v) is 6.05. The Bertz CT molecular complexity index is 501. The smallest absolute Gasteiger partial charge is 0.340 e. The van der Waals surface area contributed by atoms with E-state index in [0.29, 0.717) is 12.5 Å². The van der Waals surface area contributed by atoms with Crippen LogP contribution in [0.4, 0.5) is 10.1 Å². The lowest BCUT2D eigenvalue weighted by Crippen LogP contribution is -2.30. The second kappa shape index (κ2) is 5.69. The molecule has 1 saturated carbocycles. The first-order valence-electron chi connectivity index (χ1n) is 6.05. The highest BCUT2D eigenvalue weighted by atomic mass is 19.1. The number of carbonyl (C=O) groups is 2. The average molecular weight is 266 g/mol. The summed E-state index contributed by atoms with van der Waals surface area (Å²) in [4.78, 5) is 23.0. The number of anilines is 1. The van der Waals surface area contributed by atoms with Crippen LogP contribution in [0.15, 0.2) is 18.2 Å². The van der Waals surface area contributed by atoms with E-state index in [1.54, 1.807) is 0 Å². The molecule has 1 amide bonds. The number of amides is 1. The number of rotatable bonds is 5. The van der Waals surface area contributed by atoms with Crippen LogP contribution in [0.25, 0.3) is 0 Å². The van der Waals surface area contributed by atoms with Gasteiger partial charge in [-0.25, -0.2) is 9.18 Å². The molecule has 102 valence electrons. The van der Waals surface area contributed by atoms with Crippen LogP contribution in [0, 0.1) is 11.7 Å². The summed E-state index contributed by atoms with van der Waals surface area (Å²) >= 11 is 0. The zero-order valence-electron chi connectivity index (χ0n) is 10.3. The molecule has 5 nitrogen and oxygen atoms in total.